The molecule has 3 heterocycles. The third-order valence-corrected chi connectivity index (χ3v) is 3.92. The highest BCUT2D eigenvalue weighted by atomic mass is 19.4. The van der Waals surface area contributed by atoms with Crippen molar-refractivity contribution in [3.63, 3.8) is 0 Å². The highest BCUT2D eigenvalue weighted by Gasteiger charge is 2.34. The van der Waals surface area contributed by atoms with Crippen LogP contribution in [-0.4, -0.2) is 24.5 Å². The molecule has 0 amide bonds. The summed E-state index contributed by atoms with van der Waals surface area (Å²) in [4.78, 5) is 16.4. The van der Waals surface area contributed by atoms with Crippen LogP contribution in [0.1, 0.15) is 5.56 Å². The van der Waals surface area contributed by atoms with Crippen LogP contribution in [0.4, 0.5) is 24.8 Å². The van der Waals surface area contributed by atoms with Crippen LogP contribution in [0.5, 0.6) is 0 Å². The highest BCUT2D eigenvalue weighted by molar-refractivity contribution is 5.62. The van der Waals surface area contributed by atoms with Gasteiger partial charge in [-0.15, -0.1) is 0 Å². The Morgan fingerprint density at radius 1 is 0.893 bits per heavy atom. The minimum Gasteiger partial charge on any atom is -0.324 e. The molecule has 1 aromatic carbocycles. The molecule has 1 N–H and O–H groups in total. The summed E-state index contributed by atoms with van der Waals surface area (Å²) in [6.45, 7) is 0. The Labute approximate surface area is 157 Å². The molecular formula is C19H13F3N6. The lowest BCUT2D eigenvalue weighted by Gasteiger charge is -2.15. The zero-order valence-corrected chi connectivity index (χ0v) is 14.3. The minimum atomic E-state index is -4.53. The average Bonchev–Trinajstić information content (AvgIpc) is 3.23. The third kappa shape index (κ3) is 3.68. The molecular weight excluding hydrogens is 369 g/mol. The molecule has 0 radical (unpaired) electrons. The number of nitrogens with one attached hydrogen (secondary N) is 1. The molecule has 0 unspecified atom stereocenters. The predicted octanol–water partition coefficient (Wildman–Crippen LogP) is 4.49. The molecule has 9 heteroatoms. The number of hydrogen-bond donors (Lipinski definition) is 1. The Kier molecular flexibility index (Phi) is 4.48. The van der Waals surface area contributed by atoms with Crippen molar-refractivity contribution < 1.29 is 13.2 Å². The van der Waals surface area contributed by atoms with Crippen molar-refractivity contribution in [1.29, 1.82) is 0 Å². The number of anilines is 2. The van der Waals surface area contributed by atoms with Gasteiger partial charge in [0.25, 0.3) is 0 Å². The summed E-state index contributed by atoms with van der Waals surface area (Å²) in [6.07, 6.45) is 2.81. The van der Waals surface area contributed by atoms with Crippen LogP contribution in [-0.2, 0) is 6.18 Å². The predicted molar refractivity (Wildman–Crippen MR) is 97.1 cm³/mol. The van der Waals surface area contributed by atoms with Gasteiger partial charge in [-0.2, -0.15) is 13.2 Å². The Morgan fingerprint density at radius 3 is 2.50 bits per heavy atom. The average molecular weight is 382 g/mol. The number of nitrogens with zero attached hydrogens (tertiary/aromatic N) is 5. The summed E-state index contributed by atoms with van der Waals surface area (Å²) in [5.74, 6) is 0.173. The molecule has 0 saturated carbocycles. The molecule has 4 rings (SSSR count). The first-order valence-electron chi connectivity index (χ1n) is 8.22. The van der Waals surface area contributed by atoms with Gasteiger partial charge < -0.3 is 9.88 Å². The van der Waals surface area contributed by atoms with Crippen molar-refractivity contribution in [2.24, 2.45) is 0 Å². The van der Waals surface area contributed by atoms with E-state index in [2.05, 4.69) is 25.3 Å². The van der Waals surface area contributed by atoms with Gasteiger partial charge >= 0.3 is 6.18 Å². The summed E-state index contributed by atoms with van der Waals surface area (Å²) in [7, 11) is 0. The van der Waals surface area contributed by atoms with Crippen LogP contribution in [0.15, 0.2) is 73.6 Å². The first-order chi connectivity index (χ1) is 13.5. The van der Waals surface area contributed by atoms with E-state index in [0.29, 0.717) is 11.4 Å². The van der Waals surface area contributed by atoms with Crippen LogP contribution >= 0.6 is 0 Å². The molecule has 0 aliphatic heterocycles. The quantitative estimate of drug-likeness (QED) is 0.563. The van der Waals surface area contributed by atoms with E-state index in [1.54, 1.807) is 24.4 Å². The van der Waals surface area contributed by atoms with Crippen LogP contribution in [0.3, 0.4) is 0 Å². The number of hydrogen-bond acceptors (Lipinski definition) is 5. The van der Waals surface area contributed by atoms with E-state index in [1.807, 2.05) is 6.07 Å². The van der Waals surface area contributed by atoms with E-state index < -0.39 is 11.7 Å². The van der Waals surface area contributed by atoms with Gasteiger partial charge in [0.05, 0.1) is 29.0 Å². The number of alkyl halides is 3. The number of pyridine rings is 1. The molecule has 140 valence electrons. The molecule has 0 atom stereocenters. The third-order valence-electron chi connectivity index (χ3n) is 3.92. The van der Waals surface area contributed by atoms with Crippen molar-refractivity contribution in [2.75, 3.05) is 5.32 Å². The minimum absolute atomic E-state index is 0.0151. The fourth-order valence-corrected chi connectivity index (χ4v) is 2.67. The Balaban J connectivity index is 1.68. The standard InChI is InChI=1S/C19H13F3N6/c20-19(21,22)14-11-13(4-5-17(14)28-10-9-23-12-28)26-18-25-8-6-16(27-18)15-3-1-2-7-24-15/h1-12H,(H,25,26,27). The molecule has 0 bridgehead atoms. The molecule has 6 nitrogen and oxygen atoms in total. The second-order valence-electron chi connectivity index (χ2n) is 5.81. The van der Waals surface area contributed by atoms with E-state index >= 15 is 0 Å². The SMILES string of the molecule is FC(F)(F)c1cc(Nc2nccc(-c3ccccn3)n2)ccc1-n1ccnc1. The number of halogens is 3. The maximum absolute atomic E-state index is 13.5. The van der Waals surface area contributed by atoms with Crippen molar-refractivity contribution in [2.45, 2.75) is 6.18 Å². The molecule has 0 saturated heterocycles. The van der Waals surface area contributed by atoms with Gasteiger partial charge in [-0.1, -0.05) is 6.07 Å². The first kappa shape index (κ1) is 17.7. The number of aromatic nitrogens is 5. The monoisotopic (exact) mass is 382 g/mol. The van der Waals surface area contributed by atoms with Crippen LogP contribution in [0.25, 0.3) is 17.1 Å². The Morgan fingerprint density at radius 2 is 1.79 bits per heavy atom. The summed E-state index contributed by atoms with van der Waals surface area (Å²) < 4.78 is 41.9. The highest BCUT2D eigenvalue weighted by Crippen LogP contribution is 2.36. The van der Waals surface area contributed by atoms with Gasteiger partial charge in [-0.25, -0.2) is 15.0 Å². The second-order valence-corrected chi connectivity index (χ2v) is 5.81. The number of benzene rings is 1. The lowest BCUT2D eigenvalue weighted by Crippen LogP contribution is -2.11. The lowest BCUT2D eigenvalue weighted by atomic mass is 10.1. The second kappa shape index (κ2) is 7.10. The summed E-state index contributed by atoms with van der Waals surface area (Å²) in [5.41, 5.74) is 0.605. The number of imidazole rings is 1. The fourth-order valence-electron chi connectivity index (χ4n) is 2.67. The van der Waals surface area contributed by atoms with Gasteiger partial charge in [-0.05, 0) is 36.4 Å². The Bertz CT molecular complexity index is 1080. The summed E-state index contributed by atoms with van der Waals surface area (Å²) in [5, 5.41) is 2.82. The van der Waals surface area contributed by atoms with Gasteiger partial charge in [0.1, 0.15) is 0 Å². The van der Waals surface area contributed by atoms with E-state index in [4.69, 9.17) is 0 Å². The molecule has 28 heavy (non-hydrogen) atoms. The van der Waals surface area contributed by atoms with Crippen molar-refractivity contribution in [3.8, 4) is 17.1 Å². The van der Waals surface area contributed by atoms with E-state index in [9.17, 15) is 13.2 Å². The fraction of sp³-hybridized carbons (Fsp3) is 0.0526. The van der Waals surface area contributed by atoms with E-state index in [-0.39, 0.29) is 17.3 Å². The molecule has 4 aromatic rings. The van der Waals surface area contributed by atoms with Crippen LogP contribution in [0.2, 0.25) is 0 Å². The summed E-state index contributed by atoms with van der Waals surface area (Å²) >= 11 is 0. The van der Waals surface area contributed by atoms with Crippen molar-refractivity contribution in [1.82, 2.24) is 24.5 Å². The van der Waals surface area contributed by atoms with E-state index in [0.717, 1.165) is 6.07 Å². The molecule has 3 aromatic heterocycles. The van der Waals surface area contributed by atoms with E-state index in [1.165, 1.54) is 41.6 Å². The number of rotatable bonds is 4. The first-order valence-corrected chi connectivity index (χ1v) is 8.22. The maximum Gasteiger partial charge on any atom is 0.418 e. The van der Waals surface area contributed by atoms with Gasteiger partial charge in [0.15, 0.2) is 0 Å². The Hall–Kier alpha value is -3.75. The van der Waals surface area contributed by atoms with Gasteiger partial charge in [0.2, 0.25) is 5.95 Å². The van der Waals surface area contributed by atoms with Crippen molar-refractivity contribution >= 4 is 11.6 Å². The zero-order chi connectivity index (χ0) is 19.6. The smallest absolute Gasteiger partial charge is 0.324 e. The summed E-state index contributed by atoms with van der Waals surface area (Å²) in [6, 6.07) is 11.0. The topological polar surface area (TPSA) is 68.5 Å². The molecule has 0 aliphatic carbocycles. The largest absolute Gasteiger partial charge is 0.418 e. The van der Waals surface area contributed by atoms with Gasteiger partial charge in [-0.3, -0.25) is 4.98 Å². The normalized spacial score (nSPS) is 11.4. The van der Waals surface area contributed by atoms with Crippen LogP contribution < -0.4 is 5.32 Å². The van der Waals surface area contributed by atoms with Crippen molar-refractivity contribution in [3.05, 3.63) is 79.1 Å². The molecule has 0 spiro atoms. The maximum atomic E-state index is 13.5. The lowest BCUT2D eigenvalue weighted by molar-refractivity contribution is -0.137. The van der Waals surface area contributed by atoms with Crippen LogP contribution in [0, 0.1) is 0 Å². The molecule has 0 aliphatic rings. The zero-order valence-electron chi connectivity index (χ0n) is 14.3. The molecule has 0 fully saturated rings. The van der Waals surface area contributed by atoms with Gasteiger partial charge in [0, 0.05) is 30.5 Å².